The van der Waals surface area contributed by atoms with Crippen LogP contribution in [0.3, 0.4) is 0 Å². The second-order valence-electron chi connectivity index (χ2n) is 6.07. The first-order chi connectivity index (χ1) is 11.9. The molecule has 3 rings (SSSR count). The maximum atomic E-state index is 13.9. The van der Waals surface area contributed by atoms with Crippen LogP contribution in [0.2, 0.25) is 0 Å². The molecule has 25 heavy (non-hydrogen) atoms. The number of nitrogens with two attached hydrogens (primary N) is 1. The van der Waals surface area contributed by atoms with E-state index in [1.165, 1.54) is 4.68 Å². The van der Waals surface area contributed by atoms with Gasteiger partial charge in [0.15, 0.2) is 0 Å². The zero-order valence-electron chi connectivity index (χ0n) is 14.5. The van der Waals surface area contributed by atoms with Crippen LogP contribution in [-0.4, -0.2) is 17.6 Å². The first-order valence-corrected chi connectivity index (χ1v) is 7.94. The Morgan fingerprint density at radius 3 is 2.60 bits per heavy atom. The number of rotatable bonds is 4. The average Bonchev–Trinajstić information content (AvgIpc) is 2.83. The summed E-state index contributed by atoms with van der Waals surface area (Å²) in [6, 6.07) is 11.1. The Hall–Kier alpha value is -2.76. The number of halogens is 1. The molecule has 0 bridgehead atoms. The van der Waals surface area contributed by atoms with Crippen LogP contribution in [0, 0.1) is 19.8 Å². The lowest BCUT2D eigenvalue weighted by atomic mass is 9.90. The molecule has 0 aliphatic heterocycles. The smallest absolute Gasteiger partial charge is 0.214 e. The first-order valence-electron chi connectivity index (χ1n) is 7.94. The van der Waals surface area contributed by atoms with E-state index in [0.29, 0.717) is 22.4 Å². The van der Waals surface area contributed by atoms with Crippen molar-refractivity contribution in [1.29, 1.82) is 0 Å². The second-order valence-corrected chi connectivity index (χ2v) is 6.07. The van der Waals surface area contributed by atoms with Crippen LogP contribution in [0.15, 0.2) is 36.4 Å². The minimum absolute atomic E-state index is 0.288. The summed E-state index contributed by atoms with van der Waals surface area (Å²) in [4.78, 5) is 0. The summed E-state index contributed by atoms with van der Waals surface area (Å²) < 4.78 is 21.0. The third kappa shape index (κ3) is 3.24. The van der Waals surface area contributed by atoms with Gasteiger partial charge in [0.25, 0.3) is 0 Å². The van der Waals surface area contributed by atoms with Crippen LogP contribution >= 0.6 is 0 Å². The molecule has 3 aromatic rings. The number of hydrogen-bond donors (Lipinski definition) is 1. The molecule has 0 aliphatic rings. The summed E-state index contributed by atoms with van der Waals surface area (Å²) in [5.41, 5.74) is 10.9. The highest BCUT2D eigenvalue weighted by Crippen LogP contribution is 2.29. The molecule has 4 nitrogen and oxygen atoms in total. The molecule has 0 spiro atoms. The fraction of sp³-hybridized carbons (Fsp3) is 0.211. The molecule has 2 N–H and O–H groups in total. The molecule has 0 atom stereocenters. The molecule has 0 fully saturated rings. The van der Waals surface area contributed by atoms with Gasteiger partial charge in [-0.2, -0.15) is 9.49 Å². The molecule has 6 heteroatoms. The van der Waals surface area contributed by atoms with E-state index >= 15 is 0 Å². The van der Waals surface area contributed by atoms with Crippen molar-refractivity contribution < 1.29 is 9.13 Å². The van der Waals surface area contributed by atoms with Gasteiger partial charge in [-0.15, -0.1) is 0 Å². The molecule has 1 aromatic heterocycles. The van der Waals surface area contributed by atoms with Crippen molar-refractivity contribution >= 4 is 19.0 Å². The third-order valence-electron chi connectivity index (χ3n) is 4.27. The molecular formula is C19H19BFN3O. The predicted molar refractivity (Wildman–Crippen MR) is 98.7 cm³/mol. The molecule has 2 aromatic carbocycles. The molecule has 1 heterocycles. The Labute approximate surface area is 147 Å². The quantitative estimate of drug-likeness (QED) is 0.589. The normalized spacial score (nSPS) is 10.9. The number of aryl methyl sites for hydroxylation is 2. The van der Waals surface area contributed by atoms with E-state index in [1.807, 2.05) is 31.2 Å². The Balaban J connectivity index is 1.84. The van der Waals surface area contributed by atoms with Gasteiger partial charge in [-0.05, 0) is 43.7 Å². The molecule has 126 valence electrons. The fourth-order valence-corrected chi connectivity index (χ4v) is 2.78. The number of ether oxygens (including phenoxy) is 1. The first kappa shape index (κ1) is 17.1. The van der Waals surface area contributed by atoms with Crippen molar-refractivity contribution in [1.82, 2.24) is 9.78 Å². The van der Waals surface area contributed by atoms with E-state index in [-0.39, 0.29) is 12.6 Å². The van der Waals surface area contributed by atoms with E-state index in [1.54, 1.807) is 26.1 Å². The van der Waals surface area contributed by atoms with Crippen LogP contribution in [0.25, 0.3) is 11.3 Å². The number of nitrogens with zero attached hydrogens (tertiary/aromatic N) is 2. The van der Waals surface area contributed by atoms with E-state index in [9.17, 15) is 4.39 Å². The number of benzene rings is 2. The lowest BCUT2D eigenvalue weighted by molar-refractivity contribution is 0.306. The van der Waals surface area contributed by atoms with Crippen LogP contribution in [-0.2, 0) is 13.7 Å². The van der Waals surface area contributed by atoms with Gasteiger partial charge in [-0.1, -0.05) is 17.6 Å². The highest BCUT2D eigenvalue weighted by Gasteiger charge is 2.14. The summed E-state index contributed by atoms with van der Waals surface area (Å²) in [6.45, 7) is 3.94. The monoisotopic (exact) mass is 335 g/mol. The SMILES string of the molecule is [B]c1cccc(N)c1COc1ccc(-c2nn(C)c(F)c2C)cc1C. The number of hydrogen-bond acceptors (Lipinski definition) is 3. The van der Waals surface area contributed by atoms with Gasteiger partial charge in [0.1, 0.15) is 20.2 Å². The van der Waals surface area contributed by atoms with Gasteiger partial charge in [-0.25, -0.2) is 4.68 Å². The lowest BCUT2D eigenvalue weighted by Gasteiger charge is -2.14. The third-order valence-corrected chi connectivity index (χ3v) is 4.27. The Bertz CT molecular complexity index is 916. The minimum atomic E-state index is -0.331. The number of nitrogen functional groups attached to an aromatic ring is 1. The van der Waals surface area contributed by atoms with Crippen LogP contribution in [0.5, 0.6) is 5.75 Å². The van der Waals surface area contributed by atoms with Crippen molar-refractivity contribution in [2.24, 2.45) is 7.05 Å². The Morgan fingerprint density at radius 1 is 1.24 bits per heavy atom. The molecule has 0 unspecified atom stereocenters. The zero-order valence-corrected chi connectivity index (χ0v) is 14.5. The van der Waals surface area contributed by atoms with Crippen molar-refractivity contribution in [3.05, 3.63) is 59.0 Å². The molecule has 0 saturated carbocycles. The summed E-state index contributed by atoms with van der Waals surface area (Å²) in [6.07, 6.45) is 0. The summed E-state index contributed by atoms with van der Waals surface area (Å²) in [7, 11) is 7.54. The van der Waals surface area contributed by atoms with Crippen molar-refractivity contribution in [3.8, 4) is 17.0 Å². The standard InChI is InChI=1S/C19H19BFN3O/c1-11-9-13(18-12(2)19(21)24(3)23-18)7-8-17(11)25-10-14-15(20)5-4-6-16(14)22/h4-9H,10,22H2,1-3H3. The lowest BCUT2D eigenvalue weighted by Crippen LogP contribution is -2.15. The summed E-state index contributed by atoms with van der Waals surface area (Å²) in [5.74, 6) is 0.392. The van der Waals surface area contributed by atoms with Gasteiger partial charge < -0.3 is 10.5 Å². The largest absolute Gasteiger partial charge is 0.489 e. The Kier molecular flexibility index (Phi) is 4.53. The van der Waals surface area contributed by atoms with Gasteiger partial charge in [-0.3, -0.25) is 0 Å². The zero-order chi connectivity index (χ0) is 18.1. The van der Waals surface area contributed by atoms with Crippen LogP contribution in [0.1, 0.15) is 16.7 Å². The van der Waals surface area contributed by atoms with Gasteiger partial charge >= 0.3 is 0 Å². The van der Waals surface area contributed by atoms with E-state index < -0.39 is 0 Å². The maximum Gasteiger partial charge on any atom is 0.214 e. The number of anilines is 1. The van der Waals surface area contributed by atoms with Gasteiger partial charge in [0.05, 0.1) is 5.69 Å². The fourth-order valence-electron chi connectivity index (χ4n) is 2.78. The van der Waals surface area contributed by atoms with Crippen LogP contribution < -0.4 is 15.9 Å². The Morgan fingerprint density at radius 2 is 2.00 bits per heavy atom. The molecule has 2 radical (unpaired) electrons. The summed E-state index contributed by atoms with van der Waals surface area (Å²) >= 11 is 0. The predicted octanol–water partition coefficient (Wildman–Crippen LogP) is 2.80. The highest BCUT2D eigenvalue weighted by molar-refractivity contribution is 6.33. The maximum absolute atomic E-state index is 13.9. The molecule has 0 aliphatic carbocycles. The van der Waals surface area contributed by atoms with Crippen LogP contribution in [0.4, 0.5) is 10.1 Å². The van der Waals surface area contributed by atoms with E-state index in [4.69, 9.17) is 18.3 Å². The number of aromatic nitrogens is 2. The van der Waals surface area contributed by atoms with E-state index in [2.05, 4.69) is 5.10 Å². The second kappa shape index (κ2) is 6.63. The topological polar surface area (TPSA) is 53.1 Å². The van der Waals surface area contributed by atoms with Crippen molar-refractivity contribution in [2.45, 2.75) is 20.5 Å². The summed E-state index contributed by atoms with van der Waals surface area (Å²) in [5, 5.41) is 4.24. The minimum Gasteiger partial charge on any atom is -0.489 e. The molecule has 0 saturated heterocycles. The van der Waals surface area contributed by atoms with Gasteiger partial charge in [0, 0.05) is 29.4 Å². The van der Waals surface area contributed by atoms with Crippen molar-refractivity contribution in [2.75, 3.05) is 5.73 Å². The molecular weight excluding hydrogens is 316 g/mol. The van der Waals surface area contributed by atoms with Gasteiger partial charge in [0.2, 0.25) is 5.95 Å². The average molecular weight is 335 g/mol. The van der Waals surface area contributed by atoms with Crippen molar-refractivity contribution in [3.63, 3.8) is 0 Å². The highest BCUT2D eigenvalue weighted by atomic mass is 19.1. The molecule has 0 amide bonds. The van der Waals surface area contributed by atoms with E-state index in [0.717, 1.165) is 22.4 Å².